The van der Waals surface area contributed by atoms with Crippen molar-refractivity contribution in [2.75, 3.05) is 32.6 Å². The number of carbonyl (C=O) groups is 1. The average Bonchev–Trinajstić information content (AvgIpc) is 2.22. The number of unbranched alkanes of at least 4 members (excludes halogenated alkanes) is 1. The molecule has 1 rings (SSSR count). The zero-order chi connectivity index (χ0) is 12.2. The lowest BCUT2D eigenvalue weighted by Crippen LogP contribution is -2.58. The van der Waals surface area contributed by atoms with E-state index in [4.69, 9.17) is 11.6 Å². The first-order chi connectivity index (χ1) is 7.47. The van der Waals surface area contributed by atoms with Gasteiger partial charge in [0.05, 0.1) is 0 Å². The van der Waals surface area contributed by atoms with Gasteiger partial charge < -0.3 is 4.90 Å². The molecular weight excluding hydrogens is 224 g/mol. The number of likely N-dealkylation sites (N-methyl/N-ethyl adjacent to an activating group) is 1. The van der Waals surface area contributed by atoms with Crippen LogP contribution in [0.15, 0.2) is 0 Å². The van der Waals surface area contributed by atoms with Gasteiger partial charge >= 0.3 is 0 Å². The van der Waals surface area contributed by atoms with Gasteiger partial charge in [-0.2, -0.15) is 0 Å². The van der Waals surface area contributed by atoms with Gasteiger partial charge in [-0.25, -0.2) is 0 Å². The third-order valence-corrected chi connectivity index (χ3v) is 3.71. The number of amides is 1. The highest BCUT2D eigenvalue weighted by atomic mass is 35.5. The average molecular weight is 247 g/mol. The topological polar surface area (TPSA) is 23.6 Å². The lowest BCUT2D eigenvalue weighted by Gasteiger charge is -2.45. The van der Waals surface area contributed by atoms with E-state index in [1.807, 2.05) is 4.90 Å². The van der Waals surface area contributed by atoms with E-state index in [-0.39, 0.29) is 11.4 Å². The summed E-state index contributed by atoms with van der Waals surface area (Å²) in [6, 6.07) is 0. The van der Waals surface area contributed by atoms with Crippen molar-refractivity contribution >= 4 is 17.5 Å². The van der Waals surface area contributed by atoms with Crippen LogP contribution in [0.2, 0.25) is 0 Å². The van der Waals surface area contributed by atoms with Gasteiger partial charge in [-0.1, -0.05) is 0 Å². The second-order valence-corrected chi connectivity index (χ2v) is 5.57. The van der Waals surface area contributed by atoms with E-state index in [0.717, 1.165) is 32.5 Å². The monoisotopic (exact) mass is 246 g/mol. The first-order valence-corrected chi connectivity index (χ1v) is 6.56. The van der Waals surface area contributed by atoms with Crippen molar-refractivity contribution < 1.29 is 4.79 Å². The molecular formula is C12H23ClN2O. The van der Waals surface area contributed by atoms with Crippen molar-refractivity contribution in [3.8, 4) is 0 Å². The maximum absolute atomic E-state index is 11.9. The molecule has 94 valence electrons. The Morgan fingerprint density at radius 3 is 2.56 bits per heavy atom. The molecule has 16 heavy (non-hydrogen) atoms. The molecule has 0 saturated carbocycles. The van der Waals surface area contributed by atoms with E-state index in [1.54, 1.807) is 0 Å². The van der Waals surface area contributed by atoms with Gasteiger partial charge in [-0.05, 0) is 33.7 Å². The summed E-state index contributed by atoms with van der Waals surface area (Å²) in [7, 11) is 2.12. The predicted octanol–water partition coefficient (Wildman–Crippen LogP) is 1.95. The van der Waals surface area contributed by atoms with Crippen LogP contribution < -0.4 is 0 Å². The third kappa shape index (κ3) is 3.63. The van der Waals surface area contributed by atoms with Crippen molar-refractivity contribution in [2.24, 2.45) is 0 Å². The van der Waals surface area contributed by atoms with E-state index in [2.05, 4.69) is 25.8 Å². The Bertz CT molecular complexity index is 243. The fourth-order valence-electron chi connectivity index (χ4n) is 1.98. The summed E-state index contributed by atoms with van der Waals surface area (Å²) in [6.45, 7) is 7.04. The lowest BCUT2D eigenvalue weighted by atomic mass is 9.99. The first kappa shape index (κ1) is 13.8. The van der Waals surface area contributed by atoms with E-state index >= 15 is 0 Å². The summed E-state index contributed by atoms with van der Waals surface area (Å²) in [4.78, 5) is 16.2. The van der Waals surface area contributed by atoms with Gasteiger partial charge in [0.15, 0.2) is 0 Å². The quantitative estimate of drug-likeness (QED) is 0.559. The summed E-state index contributed by atoms with van der Waals surface area (Å²) < 4.78 is 0. The number of hydrogen-bond donors (Lipinski definition) is 0. The third-order valence-electron chi connectivity index (χ3n) is 3.44. The second-order valence-electron chi connectivity index (χ2n) is 5.20. The highest BCUT2D eigenvalue weighted by molar-refractivity contribution is 6.17. The molecule has 0 N–H and O–H groups in total. The Morgan fingerprint density at radius 1 is 1.31 bits per heavy atom. The van der Waals surface area contributed by atoms with Gasteiger partial charge in [0.1, 0.15) is 0 Å². The molecule has 1 amide bonds. The van der Waals surface area contributed by atoms with Gasteiger partial charge in [-0.3, -0.25) is 9.69 Å². The molecule has 0 aliphatic carbocycles. The number of nitrogens with zero attached hydrogens (tertiary/aromatic N) is 2. The zero-order valence-corrected chi connectivity index (χ0v) is 11.4. The molecule has 1 fully saturated rings. The number of halogens is 1. The second kappa shape index (κ2) is 5.87. The minimum absolute atomic E-state index is 0.0976. The molecule has 1 aliphatic heterocycles. The van der Waals surface area contributed by atoms with Gasteiger partial charge in [0, 0.05) is 37.5 Å². The van der Waals surface area contributed by atoms with Crippen LogP contribution in [-0.4, -0.2) is 53.8 Å². The largest absolute Gasteiger partial charge is 0.340 e. The van der Waals surface area contributed by atoms with Crippen LogP contribution in [0, 0.1) is 0 Å². The number of piperazine rings is 1. The molecule has 0 aromatic carbocycles. The van der Waals surface area contributed by atoms with Crippen LogP contribution in [0.3, 0.4) is 0 Å². The number of hydrogen-bond acceptors (Lipinski definition) is 2. The molecule has 1 heterocycles. The van der Waals surface area contributed by atoms with Crippen molar-refractivity contribution in [3.63, 3.8) is 0 Å². The predicted molar refractivity (Wildman–Crippen MR) is 67.9 cm³/mol. The summed E-state index contributed by atoms with van der Waals surface area (Å²) in [5.74, 6) is 0.938. The standard InChI is InChI=1S/C12H23ClN2O/c1-12(2)10-15(9-8-14(12)3)11(16)6-4-5-7-13/h4-10H2,1-3H3. The molecule has 0 spiro atoms. The Labute approximate surface area is 104 Å². The Hall–Kier alpha value is -0.280. The molecule has 4 heteroatoms. The highest BCUT2D eigenvalue weighted by Gasteiger charge is 2.32. The van der Waals surface area contributed by atoms with Crippen LogP contribution in [0.1, 0.15) is 33.1 Å². The van der Waals surface area contributed by atoms with Gasteiger partial charge in [-0.15, -0.1) is 11.6 Å². The molecule has 0 radical (unpaired) electrons. The summed E-state index contributed by atoms with van der Waals surface area (Å²) in [5.41, 5.74) is 0.0976. The smallest absolute Gasteiger partial charge is 0.222 e. The van der Waals surface area contributed by atoms with E-state index in [9.17, 15) is 4.79 Å². The normalized spacial score (nSPS) is 21.1. The minimum Gasteiger partial charge on any atom is -0.340 e. The fourth-order valence-corrected chi connectivity index (χ4v) is 2.17. The Kier molecular flexibility index (Phi) is 5.06. The molecule has 0 aromatic rings. The maximum atomic E-state index is 11.9. The molecule has 0 bridgehead atoms. The molecule has 3 nitrogen and oxygen atoms in total. The van der Waals surface area contributed by atoms with Gasteiger partial charge in [0.2, 0.25) is 5.91 Å². The fraction of sp³-hybridized carbons (Fsp3) is 0.917. The molecule has 0 aromatic heterocycles. The van der Waals surface area contributed by atoms with E-state index < -0.39 is 0 Å². The number of carbonyl (C=O) groups excluding carboxylic acids is 1. The van der Waals surface area contributed by atoms with Crippen LogP contribution in [0.4, 0.5) is 0 Å². The molecule has 1 saturated heterocycles. The number of alkyl halides is 1. The molecule has 0 unspecified atom stereocenters. The number of rotatable bonds is 4. The lowest BCUT2D eigenvalue weighted by molar-refractivity contribution is -0.135. The van der Waals surface area contributed by atoms with Gasteiger partial charge in [0.25, 0.3) is 0 Å². The zero-order valence-electron chi connectivity index (χ0n) is 10.6. The van der Waals surface area contributed by atoms with Crippen molar-refractivity contribution in [1.29, 1.82) is 0 Å². The van der Waals surface area contributed by atoms with Crippen molar-refractivity contribution in [3.05, 3.63) is 0 Å². The Balaban J connectivity index is 2.40. The summed E-state index contributed by atoms with van der Waals surface area (Å²) in [5, 5.41) is 0. The summed E-state index contributed by atoms with van der Waals surface area (Å²) >= 11 is 5.60. The summed E-state index contributed by atoms with van der Waals surface area (Å²) in [6.07, 6.45) is 2.49. The van der Waals surface area contributed by atoms with Crippen LogP contribution >= 0.6 is 11.6 Å². The van der Waals surface area contributed by atoms with Crippen LogP contribution in [0.5, 0.6) is 0 Å². The maximum Gasteiger partial charge on any atom is 0.222 e. The first-order valence-electron chi connectivity index (χ1n) is 6.02. The van der Waals surface area contributed by atoms with Crippen molar-refractivity contribution in [1.82, 2.24) is 9.80 Å². The molecule has 1 aliphatic rings. The SMILES string of the molecule is CN1CCN(C(=O)CCCCCl)CC1(C)C. The Morgan fingerprint density at radius 2 is 2.00 bits per heavy atom. The highest BCUT2D eigenvalue weighted by Crippen LogP contribution is 2.19. The van der Waals surface area contributed by atoms with E-state index in [0.29, 0.717) is 12.3 Å². The van der Waals surface area contributed by atoms with Crippen molar-refractivity contribution in [2.45, 2.75) is 38.6 Å². The van der Waals surface area contributed by atoms with E-state index in [1.165, 1.54) is 0 Å². The van der Waals surface area contributed by atoms with Crippen LogP contribution in [0.25, 0.3) is 0 Å². The van der Waals surface area contributed by atoms with Crippen LogP contribution in [-0.2, 0) is 4.79 Å². The molecule has 0 atom stereocenters. The minimum atomic E-state index is 0.0976.